The van der Waals surface area contributed by atoms with Crippen LogP contribution in [0.25, 0.3) is 0 Å². The molecule has 0 aromatic carbocycles. The number of nitrogens with zero attached hydrogens (tertiary/aromatic N) is 1. The summed E-state index contributed by atoms with van der Waals surface area (Å²) in [4.78, 5) is 13.9. The molecule has 1 N–H and O–H groups in total. The van der Waals surface area contributed by atoms with Gasteiger partial charge in [-0.2, -0.15) is 0 Å². The van der Waals surface area contributed by atoms with E-state index in [1.165, 1.54) is 0 Å². The number of amides is 1. The third-order valence-corrected chi connectivity index (χ3v) is 3.64. The maximum absolute atomic E-state index is 12.0. The third kappa shape index (κ3) is 3.13. The molecule has 0 radical (unpaired) electrons. The van der Waals surface area contributed by atoms with Crippen molar-refractivity contribution >= 4 is 5.91 Å². The predicted octanol–water partition coefficient (Wildman–Crippen LogP) is 1.75. The number of carbonyl (C=O) groups is 1. The molecule has 18 heavy (non-hydrogen) atoms. The van der Waals surface area contributed by atoms with Crippen LogP contribution in [0.1, 0.15) is 31.3 Å². The van der Waals surface area contributed by atoms with Gasteiger partial charge in [-0.15, -0.1) is 0 Å². The second-order valence-electron chi connectivity index (χ2n) is 5.14. The van der Waals surface area contributed by atoms with Crippen LogP contribution in [0.5, 0.6) is 0 Å². The summed E-state index contributed by atoms with van der Waals surface area (Å²) in [6.07, 6.45) is 1.72. The minimum Gasteiger partial charge on any atom is -0.466 e. The van der Waals surface area contributed by atoms with Crippen LogP contribution in [0.4, 0.5) is 0 Å². The van der Waals surface area contributed by atoms with Crippen molar-refractivity contribution in [2.24, 2.45) is 5.92 Å². The number of hydrogen-bond acceptors (Lipinski definition) is 3. The number of aliphatic hydroxyl groups excluding tert-OH is 1. The molecule has 1 fully saturated rings. The SMILES string of the molecule is Cc1ccc(CCC(=O)N2CCC(C(C)O)C2)o1. The van der Waals surface area contributed by atoms with Gasteiger partial charge < -0.3 is 14.4 Å². The number of rotatable bonds is 4. The first kappa shape index (κ1) is 13.1. The molecule has 100 valence electrons. The highest BCUT2D eigenvalue weighted by Gasteiger charge is 2.28. The maximum atomic E-state index is 12.0. The Morgan fingerprint density at radius 1 is 1.61 bits per heavy atom. The topological polar surface area (TPSA) is 53.7 Å². The van der Waals surface area contributed by atoms with Crippen molar-refractivity contribution in [1.29, 1.82) is 0 Å². The Kier molecular flexibility index (Phi) is 4.07. The normalized spacial score (nSPS) is 21.3. The first-order valence-electron chi connectivity index (χ1n) is 6.57. The Balaban J connectivity index is 1.79. The van der Waals surface area contributed by atoms with E-state index >= 15 is 0 Å². The number of furan rings is 1. The molecule has 4 nitrogen and oxygen atoms in total. The molecule has 1 aliphatic rings. The highest BCUT2D eigenvalue weighted by molar-refractivity contribution is 5.76. The monoisotopic (exact) mass is 251 g/mol. The standard InChI is InChI=1S/C14H21NO3/c1-10-3-4-13(18-10)5-6-14(17)15-8-7-12(9-15)11(2)16/h3-4,11-12,16H,5-9H2,1-2H3. The van der Waals surface area contributed by atoms with E-state index in [9.17, 15) is 9.90 Å². The number of aliphatic hydroxyl groups is 1. The van der Waals surface area contributed by atoms with Gasteiger partial charge in [-0.1, -0.05) is 0 Å². The fourth-order valence-corrected chi connectivity index (χ4v) is 2.42. The Morgan fingerprint density at radius 2 is 2.39 bits per heavy atom. The van der Waals surface area contributed by atoms with Gasteiger partial charge in [-0.3, -0.25) is 4.79 Å². The molecule has 1 aromatic rings. The van der Waals surface area contributed by atoms with Crippen molar-refractivity contribution in [3.05, 3.63) is 23.7 Å². The van der Waals surface area contributed by atoms with Crippen molar-refractivity contribution in [1.82, 2.24) is 4.90 Å². The fourth-order valence-electron chi connectivity index (χ4n) is 2.42. The second kappa shape index (κ2) is 5.57. The van der Waals surface area contributed by atoms with Crippen LogP contribution in [-0.4, -0.2) is 35.1 Å². The molecule has 2 atom stereocenters. The summed E-state index contributed by atoms with van der Waals surface area (Å²) in [7, 11) is 0. The van der Waals surface area contributed by atoms with Crippen LogP contribution >= 0.6 is 0 Å². The zero-order valence-corrected chi connectivity index (χ0v) is 11.1. The molecule has 2 unspecified atom stereocenters. The van der Waals surface area contributed by atoms with E-state index in [0.717, 1.165) is 24.5 Å². The number of likely N-dealkylation sites (tertiary alicyclic amines) is 1. The van der Waals surface area contributed by atoms with Crippen LogP contribution in [0.2, 0.25) is 0 Å². The van der Waals surface area contributed by atoms with Crippen LogP contribution < -0.4 is 0 Å². The molecular weight excluding hydrogens is 230 g/mol. The van der Waals surface area contributed by atoms with Crippen LogP contribution in [0.3, 0.4) is 0 Å². The highest BCUT2D eigenvalue weighted by Crippen LogP contribution is 2.20. The van der Waals surface area contributed by atoms with Crippen molar-refractivity contribution < 1.29 is 14.3 Å². The summed E-state index contributed by atoms with van der Waals surface area (Å²) in [5.41, 5.74) is 0. The largest absolute Gasteiger partial charge is 0.466 e. The molecule has 1 aliphatic heterocycles. The molecule has 1 aromatic heterocycles. The van der Waals surface area contributed by atoms with Crippen molar-refractivity contribution in [3.8, 4) is 0 Å². The summed E-state index contributed by atoms with van der Waals surface area (Å²) in [5, 5.41) is 9.51. The molecule has 2 rings (SSSR count). The van der Waals surface area contributed by atoms with E-state index in [1.54, 1.807) is 6.92 Å². The Bertz CT molecular complexity index is 411. The lowest BCUT2D eigenvalue weighted by atomic mass is 10.0. The average molecular weight is 251 g/mol. The van der Waals surface area contributed by atoms with Gasteiger partial charge in [0.1, 0.15) is 11.5 Å². The zero-order chi connectivity index (χ0) is 13.1. The first-order chi connectivity index (χ1) is 8.56. The summed E-state index contributed by atoms with van der Waals surface area (Å²) >= 11 is 0. The molecule has 1 saturated heterocycles. The summed E-state index contributed by atoms with van der Waals surface area (Å²) < 4.78 is 5.45. The van der Waals surface area contributed by atoms with E-state index < -0.39 is 0 Å². The Hall–Kier alpha value is -1.29. The molecule has 1 amide bonds. The lowest BCUT2D eigenvalue weighted by Gasteiger charge is -2.17. The number of carbonyl (C=O) groups excluding carboxylic acids is 1. The molecule has 0 saturated carbocycles. The Morgan fingerprint density at radius 3 is 2.94 bits per heavy atom. The van der Waals surface area contributed by atoms with Crippen molar-refractivity contribution in [2.45, 2.75) is 39.2 Å². The fraction of sp³-hybridized carbons (Fsp3) is 0.643. The lowest BCUT2D eigenvalue weighted by molar-refractivity contribution is -0.130. The average Bonchev–Trinajstić information content (AvgIpc) is 2.94. The first-order valence-corrected chi connectivity index (χ1v) is 6.57. The zero-order valence-electron chi connectivity index (χ0n) is 11.1. The van der Waals surface area contributed by atoms with Crippen molar-refractivity contribution in [2.75, 3.05) is 13.1 Å². The summed E-state index contributed by atoms with van der Waals surface area (Å²) in [5.74, 6) is 2.15. The van der Waals surface area contributed by atoms with Crippen molar-refractivity contribution in [3.63, 3.8) is 0 Å². The van der Waals surface area contributed by atoms with Gasteiger partial charge in [0.15, 0.2) is 0 Å². The molecule has 0 aliphatic carbocycles. The van der Waals surface area contributed by atoms with Gasteiger partial charge in [-0.25, -0.2) is 0 Å². The third-order valence-electron chi connectivity index (χ3n) is 3.64. The molecule has 4 heteroatoms. The molecule has 2 heterocycles. The van der Waals surface area contributed by atoms with E-state index in [2.05, 4.69) is 0 Å². The van der Waals surface area contributed by atoms with Gasteiger partial charge in [0.25, 0.3) is 0 Å². The molecule has 0 spiro atoms. The quantitative estimate of drug-likeness (QED) is 0.887. The lowest BCUT2D eigenvalue weighted by Crippen LogP contribution is -2.30. The number of aryl methyl sites for hydroxylation is 2. The predicted molar refractivity (Wildman–Crippen MR) is 68.1 cm³/mol. The van der Waals surface area contributed by atoms with Gasteiger partial charge in [0, 0.05) is 31.8 Å². The van der Waals surface area contributed by atoms with Gasteiger partial charge in [0.05, 0.1) is 6.10 Å². The van der Waals surface area contributed by atoms with E-state index in [1.807, 2.05) is 24.0 Å². The van der Waals surface area contributed by atoms with E-state index in [4.69, 9.17) is 4.42 Å². The minimum atomic E-state index is -0.324. The van der Waals surface area contributed by atoms with E-state index in [-0.39, 0.29) is 17.9 Å². The summed E-state index contributed by atoms with van der Waals surface area (Å²) in [6.45, 7) is 5.16. The van der Waals surface area contributed by atoms with Crippen LogP contribution in [0, 0.1) is 12.8 Å². The maximum Gasteiger partial charge on any atom is 0.223 e. The Labute approximate surface area is 108 Å². The second-order valence-corrected chi connectivity index (χ2v) is 5.14. The molecular formula is C14H21NO3. The van der Waals surface area contributed by atoms with Gasteiger partial charge >= 0.3 is 0 Å². The molecule has 0 bridgehead atoms. The number of hydrogen-bond donors (Lipinski definition) is 1. The summed E-state index contributed by atoms with van der Waals surface area (Å²) in [6, 6.07) is 3.84. The van der Waals surface area contributed by atoms with Crippen LogP contribution in [0.15, 0.2) is 16.5 Å². The van der Waals surface area contributed by atoms with Gasteiger partial charge in [-0.05, 0) is 32.4 Å². The van der Waals surface area contributed by atoms with Gasteiger partial charge in [0.2, 0.25) is 5.91 Å². The minimum absolute atomic E-state index is 0.159. The highest BCUT2D eigenvalue weighted by atomic mass is 16.3. The smallest absolute Gasteiger partial charge is 0.223 e. The van der Waals surface area contributed by atoms with Crippen LogP contribution in [-0.2, 0) is 11.2 Å². The van der Waals surface area contributed by atoms with E-state index in [0.29, 0.717) is 19.4 Å².